The van der Waals surface area contributed by atoms with Gasteiger partial charge < -0.3 is 10.2 Å². The van der Waals surface area contributed by atoms with Gasteiger partial charge in [-0.1, -0.05) is 51.8 Å². The van der Waals surface area contributed by atoms with Gasteiger partial charge in [0.2, 0.25) is 11.8 Å². The molecule has 0 saturated heterocycles. The molecule has 3 rings (SSSR count). The Morgan fingerprint density at radius 3 is 2.17 bits per heavy atom. The normalized spacial score (nSPS) is 12.6. The smallest absolute Gasteiger partial charge is 0.352 e. The lowest BCUT2D eigenvalue weighted by molar-refractivity contribution is -0.139. The minimum atomic E-state index is -4.74. The van der Waals surface area contributed by atoms with Crippen LogP contribution in [0.25, 0.3) is 0 Å². The van der Waals surface area contributed by atoms with Crippen LogP contribution in [-0.2, 0) is 32.3 Å². The number of hydrogen-bond acceptors (Lipinski definition) is 4. The first-order valence-corrected chi connectivity index (χ1v) is 14.9. The van der Waals surface area contributed by atoms with Gasteiger partial charge in [0, 0.05) is 17.1 Å². The molecule has 0 unspecified atom stereocenters. The number of carbonyl (C=O) groups excluding carboxylic acids is 2. The van der Waals surface area contributed by atoms with Crippen molar-refractivity contribution < 1.29 is 31.2 Å². The predicted octanol–water partition coefficient (Wildman–Crippen LogP) is 5.91. The van der Waals surface area contributed by atoms with Gasteiger partial charge in [0.25, 0.3) is 10.0 Å². The maximum atomic E-state index is 13.9. The lowest BCUT2D eigenvalue weighted by atomic mass is 10.1. The molecule has 220 valence electrons. The predicted molar refractivity (Wildman–Crippen MR) is 155 cm³/mol. The van der Waals surface area contributed by atoms with Crippen molar-refractivity contribution in [2.45, 2.75) is 57.4 Å². The molecule has 2 amide bonds. The van der Waals surface area contributed by atoms with Crippen molar-refractivity contribution in [3.05, 3.63) is 94.0 Å². The summed E-state index contributed by atoms with van der Waals surface area (Å²) in [5.74, 6) is -1.24. The van der Waals surface area contributed by atoms with Crippen molar-refractivity contribution in [1.82, 2.24) is 10.2 Å². The van der Waals surface area contributed by atoms with E-state index in [-0.39, 0.29) is 23.2 Å². The Bertz CT molecular complexity index is 1500. The highest BCUT2D eigenvalue weighted by Crippen LogP contribution is 2.33. The van der Waals surface area contributed by atoms with Crippen LogP contribution in [0.3, 0.4) is 0 Å². The van der Waals surface area contributed by atoms with Crippen molar-refractivity contribution in [3.8, 4) is 0 Å². The van der Waals surface area contributed by atoms with Gasteiger partial charge in [0.15, 0.2) is 0 Å². The summed E-state index contributed by atoms with van der Waals surface area (Å²) in [7, 11) is -4.50. The maximum Gasteiger partial charge on any atom is 0.416 e. The Morgan fingerprint density at radius 1 is 0.951 bits per heavy atom. The first-order chi connectivity index (χ1) is 19.1. The topological polar surface area (TPSA) is 86.8 Å². The molecule has 0 spiro atoms. The molecule has 0 aliphatic rings. The van der Waals surface area contributed by atoms with Crippen molar-refractivity contribution in [2.75, 3.05) is 10.8 Å². The van der Waals surface area contributed by atoms with E-state index >= 15 is 0 Å². The van der Waals surface area contributed by atoms with E-state index in [4.69, 9.17) is 0 Å². The minimum Gasteiger partial charge on any atom is -0.352 e. The quantitative estimate of drug-likeness (QED) is 0.295. The number of carbonyl (C=O) groups is 2. The fourth-order valence-corrected chi connectivity index (χ4v) is 5.88. The molecule has 3 aromatic rings. The third kappa shape index (κ3) is 8.32. The molecule has 41 heavy (non-hydrogen) atoms. The number of halogens is 4. The van der Waals surface area contributed by atoms with Gasteiger partial charge in [-0.15, -0.1) is 0 Å². The van der Waals surface area contributed by atoms with Crippen LogP contribution in [-0.4, -0.2) is 43.8 Å². The molecule has 3 aromatic carbocycles. The molecular weight excluding hydrogens is 623 g/mol. The van der Waals surface area contributed by atoms with Gasteiger partial charge >= 0.3 is 6.18 Å². The van der Waals surface area contributed by atoms with Crippen molar-refractivity contribution >= 4 is 43.5 Å². The Labute approximate surface area is 246 Å². The lowest BCUT2D eigenvalue weighted by Gasteiger charge is -2.32. The summed E-state index contributed by atoms with van der Waals surface area (Å²) in [5.41, 5.74) is 0.0254. The number of amides is 2. The SMILES string of the molecule is Cc1ccc(S(=O)(=O)N(CC(=O)N(Cc2cccc(Br)c2)[C@H](C)C(=O)NC(C)C)c2cccc(C(F)(F)F)c2)cc1. The molecule has 0 radical (unpaired) electrons. The molecule has 0 aliphatic carbocycles. The summed E-state index contributed by atoms with van der Waals surface area (Å²) in [6.45, 7) is 5.89. The van der Waals surface area contributed by atoms with Crippen LogP contribution < -0.4 is 9.62 Å². The fourth-order valence-electron chi connectivity index (χ4n) is 4.02. The van der Waals surface area contributed by atoms with Crippen LogP contribution in [0.2, 0.25) is 0 Å². The summed E-state index contributed by atoms with van der Waals surface area (Å²) in [6, 6.07) is 15.3. The highest BCUT2D eigenvalue weighted by atomic mass is 79.9. The molecule has 7 nitrogen and oxygen atoms in total. The number of alkyl halides is 3. The third-order valence-electron chi connectivity index (χ3n) is 6.19. The van der Waals surface area contributed by atoms with E-state index in [1.807, 2.05) is 0 Å². The zero-order valence-electron chi connectivity index (χ0n) is 22.9. The second-order valence-electron chi connectivity index (χ2n) is 9.86. The number of nitrogens with one attached hydrogen (secondary N) is 1. The molecule has 0 heterocycles. The lowest BCUT2D eigenvalue weighted by Crippen LogP contribution is -2.52. The summed E-state index contributed by atoms with van der Waals surface area (Å²) in [6.07, 6.45) is -4.74. The van der Waals surface area contributed by atoms with Crippen LogP contribution in [0, 0.1) is 6.92 Å². The molecule has 1 atom stereocenters. The second-order valence-corrected chi connectivity index (χ2v) is 12.6. The Morgan fingerprint density at radius 2 is 1.59 bits per heavy atom. The zero-order chi connectivity index (χ0) is 30.5. The van der Waals surface area contributed by atoms with Gasteiger partial charge in [-0.25, -0.2) is 8.42 Å². The molecule has 1 N–H and O–H groups in total. The highest BCUT2D eigenvalue weighted by molar-refractivity contribution is 9.10. The number of aryl methyl sites for hydroxylation is 1. The van der Waals surface area contributed by atoms with Crippen LogP contribution in [0.15, 0.2) is 82.2 Å². The minimum absolute atomic E-state index is 0.0496. The molecular formula is C29H31BrF3N3O4S. The van der Waals surface area contributed by atoms with Gasteiger partial charge in [0.05, 0.1) is 16.1 Å². The Kier molecular flexibility index (Phi) is 10.2. The number of rotatable bonds is 10. The van der Waals surface area contributed by atoms with Gasteiger partial charge in [0.1, 0.15) is 12.6 Å². The van der Waals surface area contributed by atoms with E-state index in [1.165, 1.54) is 30.0 Å². The van der Waals surface area contributed by atoms with E-state index in [9.17, 15) is 31.2 Å². The molecule has 0 aromatic heterocycles. The van der Waals surface area contributed by atoms with E-state index in [1.54, 1.807) is 57.2 Å². The van der Waals surface area contributed by atoms with E-state index in [0.29, 0.717) is 15.9 Å². The molecule has 0 aliphatic heterocycles. The van der Waals surface area contributed by atoms with Crippen LogP contribution in [0.5, 0.6) is 0 Å². The summed E-state index contributed by atoms with van der Waals surface area (Å²) >= 11 is 3.38. The highest BCUT2D eigenvalue weighted by Gasteiger charge is 2.35. The first-order valence-electron chi connectivity index (χ1n) is 12.7. The third-order valence-corrected chi connectivity index (χ3v) is 8.47. The summed E-state index contributed by atoms with van der Waals surface area (Å²) in [4.78, 5) is 27.8. The van der Waals surface area contributed by atoms with E-state index in [2.05, 4.69) is 21.2 Å². The maximum absolute atomic E-state index is 13.9. The van der Waals surface area contributed by atoms with Crippen molar-refractivity contribution in [2.24, 2.45) is 0 Å². The summed E-state index contributed by atoms with van der Waals surface area (Å²) < 4.78 is 69.7. The van der Waals surface area contributed by atoms with Crippen LogP contribution in [0.1, 0.15) is 37.5 Å². The van der Waals surface area contributed by atoms with E-state index in [0.717, 1.165) is 22.2 Å². The van der Waals surface area contributed by atoms with Crippen molar-refractivity contribution in [1.29, 1.82) is 0 Å². The molecule has 0 bridgehead atoms. The standard InChI is InChI=1S/C29H31BrF3N3O4S/c1-19(2)34-28(38)21(4)35(17-22-7-5-9-24(30)15-22)27(37)18-36(25-10-6-8-23(16-25)29(31,32)33)41(39,40)26-13-11-20(3)12-14-26/h5-16,19,21H,17-18H2,1-4H3,(H,34,38)/t21-/m1/s1. The Balaban J connectivity index is 2.10. The van der Waals surface area contributed by atoms with Crippen molar-refractivity contribution in [3.63, 3.8) is 0 Å². The van der Waals surface area contributed by atoms with Crippen LogP contribution in [0.4, 0.5) is 18.9 Å². The van der Waals surface area contributed by atoms with E-state index < -0.39 is 46.2 Å². The number of hydrogen-bond donors (Lipinski definition) is 1. The van der Waals surface area contributed by atoms with Gasteiger partial charge in [-0.2, -0.15) is 13.2 Å². The largest absolute Gasteiger partial charge is 0.416 e. The first kappa shape index (κ1) is 32.1. The molecule has 12 heteroatoms. The van der Waals surface area contributed by atoms with Gasteiger partial charge in [-0.05, 0) is 75.7 Å². The molecule has 0 fully saturated rings. The Hall–Kier alpha value is -3.38. The number of benzene rings is 3. The fraction of sp³-hybridized carbons (Fsp3) is 0.310. The van der Waals surface area contributed by atoms with Crippen LogP contribution >= 0.6 is 15.9 Å². The number of anilines is 1. The zero-order valence-corrected chi connectivity index (χ0v) is 25.3. The monoisotopic (exact) mass is 653 g/mol. The average Bonchev–Trinajstić information content (AvgIpc) is 2.89. The van der Waals surface area contributed by atoms with Gasteiger partial charge in [-0.3, -0.25) is 13.9 Å². The second kappa shape index (κ2) is 13.1. The molecule has 0 saturated carbocycles. The number of nitrogens with zero attached hydrogens (tertiary/aromatic N) is 2. The summed E-state index contributed by atoms with van der Waals surface area (Å²) in [5, 5.41) is 2.75. The average molecular weight is 655 g/mol. The number of sulfonamides is 1.